The number of hydrogen-bond acceptors (Lipinski definition) is 4. The fourth-order valence-corrected chi connectivity index (χ4v) is 3.41. The molecule has 2 unspecified atom stereocenters. The SMILES string of the molecule is O=C(NCc1ccnc(OC(F)F)c1)NN1CC2CCCC2C1. The van der Waals surface area contributed by atoms with E-state index in [4.69, 9.17) is 0 Å². The number of hydrogen-bond donors (Lipinski definition) is 2. The third-order valence-corrected chi connectivity index (χ3v) is 4.45. The molecule has 2 N–H and O–H groups in total. The highest BCUT2D eigenvalue weighted by molar-refractivity contribution is 5.73. The molecule has 2 heterocycles. The zero-order valence-corrected chi connectivity index (χ0v) is 12.7. The van der Waals surface area contributed by atoms with Crippen molar-refractivity contribution in [3.8, 4) is 5.88 Å². The van der Waals surface area contributed by atoms with Crippen LogP contribution in [0.15, 0.2) is 18.3 Å². The summed E-state index contributed by atoms with van der Waals surface area (Å²) in [6.45, 7) is -0.891. The Morgan fingerprint density at radius 2 is 2.13 bits per heavy atom. The predicted octanol–water partition coefficient (Wildman–Crippen LogP) is 2.13. The molecular formula is C15H20F2N4O2. The van der Waals surface area contributed by atoms with E-state index in [0.717, 1.165) is 13.1 Å². The monoisotopic (exact) mass is 326 g/mol. The summed E-state index contributed by atoms with van der Waals surface area (Å²) in [5.74, 6) is 1.24. The second kappa shape index (κ2) is 7.08. The molecule has 0 aromatic carbocycles. The highest BCUT2D eigenvalue weighted by Gasteiger charge is 2.36. The van der Waals surface area contributed by atoms with Crippen molar-refractivity contribution < 1.29 is 18.3 Å². The van der Waals surface area contributed by atoms with E-state index in [1.807, 2.05) is 5.01 Å². The van der Waals surface area contributed by atoms with Gasteiger partial charge in [-0.25, -0.2) is 14.8 Å². The van der Waals surface area contributed by atoms with E-state index < -0.39 is 6.61 Å². The lowest BCUT2D eigenvalue weighted by molar-refractivity contribution is -0.0529. The molecule has 126 valence electrons. The van der Waals surface area contributed by atoms with Crippen molar-refractivity contribution in [3.05, 3.63) is 23.9 Å². The summed E-state index contributed by atoms with van der Waals surface area (Å²) >= 11 is 0. The van der Waals surface area contributed by atoms with E-state index >= 15 is 0 Å². The van der Waals surface area contributed by atoms with Crippen molar-refractivity contribution in [2.24, 2.45) is 11.8 Å². The lowest BCUT2D eigenvalue weighted by Gasteiger charge is -2.18. The predicted molar refractivity (Wildman–Crippen MR) is 78.6 cm³/mol. The Morgan fingerprint density at radius 1 is 1.39 bits per heavy atom. The lowest BCUT2D eigenvalue weighted by atomic mass is 10.0. The van der Waals surface area contributed by atoms with Crippen LogP contribution in [0.25, 0.3) is 0 Å². The Labute approximate surface area is 133 Å². The number of amides is 2. The van der Waals surface area contributed by atoms with Crippen LogP contribution >= 0.6 is 0 Å². The number of nitrogens with one attached hydrogen (secondary N) is 2. The molecule has 2 atom stereocenters. The maximum atomic E-state index is 12.1. The number of carbonyl (C=O) groups excluding carboxylic acids is 1. The minimum absolute atomic E-state index is 0.160. The van der Waals surface area contributed by atoms with Gasteiger partial charge in [0.05, 0.1) is 0 Å². The molecule has 23 heavy (non-hydrogen) atoms. The largest absolute Gasteiger partial charge is 0.417 e. The molecule has 1 aliphatic carbocycles. The van der Waals surface area contributed by atoms with Gasteiger partial charge in [-0.1, -0.05) is 6.42 Å². The van der Waals surface area contributed by atoms with E-state index in [2.05, 4.69) is 20.5 Å². The van der Waals surface area contributed by atoms with Crippen LogP contribution in [0.4, 0.5) is 13.6 Å². The van der Waals surface area contributed by atoms with Gasteiger partial charge >= 0.3 is 12.6 Å². The van der Waals surface area contributed by atoms with Crippen LogP contribution in [0.2, 0.25) is 0 Å². The van der Waals surface area contributed by atoms with Crippen molar-refractivity contribution in [2.45, 2.75) is 32.4 Å². The summed E-state index contributed by atoms with van der Waals surface area (Å²) < 4.78 is 28.5. The molecule has 0 bridgehead atoms. The molecule has 8 heteroatoms. The molecule has 0 spiro atoms. The first kappa shape index (κ1) is 15.9. The first-order valence-corrected chi connectivity index (χ1v) is 7.79. The molecule has 1 saturated carbocycles. The van der Waals surface area contributed by atoms with Crippen LogP contribution in [0.3, 0.4) is 0 Å². The molecule has 1 aromatic heterocycles. The lowest BCUT2D eigenvalue weighted by Crippen LogP contribution is -2.46. The summed E-state index contributed by atoms with van der Waals surface area (Å²) in [5.41, 5.74) is 3.48. The Kier molecular flexibility index (Phi) is 4.90. The van der Waals surface area contributed by atoms with E-state index in [-0.39, 0.29) is 18.5 Å². The van der Waals surface area contributed by atoms with Crippen LogP contribution in [0, 0.1) is 11.8 Å². The van der Waals surface area contributed by atoms with Gasteiger partial charge in [0, 0.05) is 31.9 Å². The van der Waals surface area contributed by atoms with Crippen molar-refractivity contribution in [1.29, 1.82) is 0 Å². The van der Waals surface area contributed by atoms with E-state index in [0.29, 0.717) is 17.4 Å². The summed E-state index contributed by atoms with van der Waals surface area (Å²) in [6, 6.07) is 2.73. The number of pyridine rings is 1. The van der Waals surface area contributed by atoms with Crippen LogP contribution < -0.4 is 15.5 Å². The summed E-state index contributed by atoms with van der Waals surface area (Å²) in [4.78, 5) is 15.6. The van der Waals surface area contributed by atoms with Gasteiger partial charge in [-0.05, 0) is 36.3 Å². The number of ether oxygens (including phenoxy) is 1. The second-order valence-electron chi connectivity index (χ2n) is 6.03. The van der Waals surface area contributed by atoms with Gasteiger partial charge in [0.1, 0.15) is 0 Å². The quantitative estimate of drug-likeness (QED) is 0.870. The Balaban J connectivity index is 1.44. The molecule has 0 radical (unpaired) electrons. The second-order valence-corrected chi connectivity index (χ2v) is 6.03. The molecule has 1 saturated heterocycles. The number of rotatable bonds is 5. The van der Waals surface area contributed by atoms with E-state index in [1.165, 1.54) is 31.5 Å². The van der Waals surface area contributed by atoms with Crippen LogP contribution in [-0.4, -0.2) is 35.7 Å². The van der Waals surface area contributed by atoms with Gasteiger partial charge < -0.3 is 10.1 Å². The van der Waals surface area contributed by atoms with Gasteiger partial charge in [0.15, 0.2) is 0 Å². The number of nitrogens with zero attached hydrogens (tertiary/aromatic N) is 2. The molecule has 2 amide bonds. The molecule has 1 aliphatic heterocycles. The third kappa shape index (κ3) is 4.28. The van der Waals surface area contributed by atoms with E-state index in [1.54, 1.807) is 6.07 Å². The Bertz CT molecular complexity index is 546. The molecule has 6 nitrogen and oxygen atoms in total. The summed E-state index contributed by atoms with van der Waals surface area (Å²) in [6.07, 6.45) is 5.15. The van der Waals surface area contributed by atoms with E-state index in [9.17, 15) is 13.6 Å². The van der Waals surface area contributed by atoms with Gasteiger partial charge in [0.25, 0.3) is 0 Å². The first-order chi connectivity index (χ1) is 11.1. The Hall–Kier alpha value is -1.96. The molecule has 1 aromatic rings. The number of hydrazine groups is 1. The maximum Gasteiger partial charge on any atom is 0.388 e. The van der Waals surface area contributed by atoms with Crippen molar-refractivity contribution in [2.75, 3.05) is 13.1 Å². The van der Waals surface area contributed by atoms with Gasteiger partial charge in [-0.15, -0.1) is 0 Å². The molecule has 2 aliphatic rings. The average Bonchev–Trinajstić information content (AvgIpc) is 3.06. The standard InChI is InChI=1S/C15H20F2N4O2/c16-14(17)23-13-6-10(4-5-18-13)7-19-15(22)20-21-8-11-2-1-3-12(11)9-21/h4-6,11-12,14H,1-3,7-9H2,(H2,19,20,22). The minimum atomic E-state index is -2.91. The maximum absolute atomic E-state index is 12.1. The summed E-state index contributed by atoms with van der Waals surface area (Å²) in [7, 11) is 0. The molecule has 2 fully saturated rings. The Morgan fingerprint density at radius 3 is 2.83 bits per heavy atom. The van der Waals surface area contributed by atoms with Crippen molar-refractivity contribution in [1.82, 2.24) is 20.7 Å². The normalized spacial score (nSPS) is 23.8. The topological polar surface area (TPSA) is 66.5 Å². The van der Waals surface area contributed by atoms with Gasteiger partial charge in [-0.2, -0.15) is 8.78 Å². The van der Waals surface area contributed by atoms with Crippen LogP contribution in [0.5, 0.6) is 5.88 Å². The van der Waals surface area contributed by atoms with Crippen molar-refractivity contribution >= 4 is 6.03 Å². The smallest absolute Gasteiger partial charge is 0.388 e. The average molecular weight is 326 g/mol. The minimum Gasteiger partial charge on any atom is -0.417 e. The zero-order valence-electron chi connectivity index (χ0n) is 12.7. The van der Waals surface area contributed by atoms with Gasteiger partial charge in [0.2, 0.25) is 5.88 Å². The summed E-state index contributed by atoms with van der Waals surface area (Å²) in [5, 5.41) is 4.67. The number of fused-ring (bicyclic) bond motifs is 1. The molecule has 3 rings (SSSR count). The number of urea groups is 1. The fourth-order valence-electron chi connectivity index (χ4n) is 3.41. The highest BCUT2D eigenvalue weighted by atomic mass is 19.3. The number of alkyl halides is 2. The zero-order chi connectivity index (χ0) is 16.2. The number of carbonyl (C=O) groups is 1. The fraction of sp³-hybridized carbons (Fsp3) is 0.600. The number of halogens is 2. The molecular weight excluding hydrogens is 306 g/mol. The van der Waals surface area contributed by atoms with Crippen LogP contribution in [0.1, 0.15) is 24.8 Å². The van der Waals surface area contributed by atoms with Crippen molar-refractivity contribution in [3.63, 3.8) is 0 Å². The third-order valence-electron chi connectivity index (χ3n) is 4.45. The highest BCUT2D eigenvalue weighted by Crippen LogP contribution is 2.36. The number of aromatic nitrogens is 1. The van der Waals surface area contributed by atoms with Gasteiger partial charge in [-0.3, -0.25) is 5.43 Å². The van der Waals surface area contributed by atoms with Crippen LogP contribution in [-0.2, 0) is 6.54 Å². The first-order valence-electron chi connectivity index (χ1n) is 7.79.